The zero-order chi connectivity index (χ0) is 55.5. The first-order valence-electron chi connectivity index (χ1n) is 26.6. The highest BCUT2D eigenvalue weighted by atomic mass is 32.2. The maximum absolute atomic E-state index is 14.9. The minimum Gasteiger partial charge on any atom is -0.455 e. The summed E-state index contributed by atoms with van der Waals surface area (Å²) in [6.07, 6.45) is -5.69. The van der Waals surface area contributed by atoms with Gasteiger partial charge in [0, 0.05) is 68.8 Å². The van der Waals surface area contributed by atoms with Crippen molar-refractivity contribution in [1.82, 2.24) is 24.8 Å². The van der Waals surface area contributed by atoms with Crippen molar-refractivity contribution < 1.29 is 72.0 Å². The Hall–Kier alpha value is -3.43. The topological polar surface area (TPSA) is 291 Å². The van der Waals surface area contributed by atoms with Crippen molar-refractivity contribution >= 4 is 27.8 Å². The van der Waals surface area contributed by atoms with E-state index >= 15 is 0 Å². The van der Waals surface area contributed by atoms with E-state index in [1.807, 2.05) is 58.5 Å². The Balaban J connectivity index is 1.12. The molecule has 0 bridgehead atoms. The summed E-state index contributed by atoms with van der Waals surface area (Å²) in [5.41, 5.74) is -4.84. The van der Waals surface area contributed by atoms with Crippen LogP contribution >= 0.6 is 0 Å². The second kappa shape index (κ2) is 22.4. The van der Waals surface area contributed by atoms with Crippen LogP contribution in [0.3, 0.4) is 0 Å². The van der Waals surface area contributed by atoms with E-state index in [-0.39, 0.29) is 43.2 Å². The van der Waals surface area contributed by atoms with Gasteiger partial charge in [-0.15, -0.1) is 5.10 Å². The number of methoxy groups -OCH3 is 1. The number of benzene rings is 1. The number of aliphatic hydroxyl groups is 5. The number of primary sulfonamides is 1. The van der Waals surface area contributed by atoms with E-state index < -0.39 is 135 Å². The van der Waals surface area contributed by atoms with E-state index in [2.05, 4.69) is 10.3 Å². The van der Waals surface area contributed by atoms with Crippen LogP contribution in [0.15, 0.2) is 35.4 Å². The summed E-state index contributed by atoms with van der Waals surface area (Å²) in [6, 6.07) is 4.72. The minimum absolute atomic E-state index is 0.126. The molecule has 1 aromatic heterocycles. The van der Waals surface area contributed by atoms with Crippen molar-refractivity contribution in [3.05, 3.63) is 36.2 Å². The third kappa shape index (κ3) is 11.7. The monoisotopic (exact) mass is 1080 g/mol. The number of hydrogen-bond donors (Lipinski definition) is 6. The zero-order valence-electron chi connectivity index (χ0n) is 46.0. The van der Waals surface area contributed by atoms with E-state index in [0.29, 0.717) is 37.3 Å². The number of amides is 1. The molecule has 5 aliphatic rings. The molecule has 1 unspecified atom stereocenters. The van der Waals surface area contributed by atoms with Gasteiger partial charge in [0.2, 0.25) is 10.0 Å². The number of fused-ring (bicyclic) bond motifs is 1. The molecule has 5 fully saturated rings. The van der Waals surface area contributed by atoms with Crippen LogP contribution in [0, 0.1) is 29.6 Å². The summed E-state index contributed by atoms with van der Waals surface area (Å²) < 4.78 is 63.5. The number of aliphatic hydroxyl groups excluding tert-OH is 3. The molecule has 1 saturated carbocycles. The van der Waals surface area contributed by atoms with Crippen molar-refractivity contribution in [2.75, 3.05) is 45.7 Å². The second-order valence-electron chi connectivity index (χ2n) is 23.3. The van der Waals surface area contributed by atoms with Crippen LogP contribution in [0.4, 0.5) is 10.5 Å². The van der Waals surface area contributed by atoms with Gasteiger partial charge in [-0.3, -0.25) is 9.69 Å². The summed E-state index contributed by atoms with van der Waals surface area (Å²) in [7, 11) is 1.28. The summed E-state index contributed by atoms with van der Waals surface area (Å²) in [6.45, 7) is 19.4. The summed E-state index contributed by atoms with van der Waals surface area (Å²) in [4.78, 5) is 32.9. The molecule has 4 saturated heterocycles. The average Bonchev–Trinajstić information content (AvgIpc) is 3.69. The van der Waals surface area contributed by atoms with Crippen LogP contribution in [-0.4, -0.2) is 201 Å². The van der Waals surface area contributed by atoms with Gasteiger partial charge in [0.1, 0.15) is 35.6 Å². The number of hydrogen-bond acceptors (Lipinski definition) is 19. The molecule has 23 heteroatoms. The number of anilines is 1. The number of cyclic esters (lactones) is 1. The molecule has 0 radical (unpaired) electrons. The summed E-state index contributed by atoms with van der Waals surface area (Å²) in [5.74, 6) is -3.84. The Morgan fingerprint density at radius 3 is 2.33 bits per heavy atom. The first-order chi connectivity index (χ1) is 34.9. The number of esters is 1. The number of rotatable bonds is 13. The number of sulfonamides is 1. The van der Waals surface area contributed by atoms with Crippen LogP contribution in [0.2, 0.25) is 0 Å². The van der Waals surface area contributed by atoms with E-state index in [1.54, 1.807) is 51.6 Å². The highest BCUT2D eigenvalue weighted by molar-refractivity contribution is 7.89. The molecular weight excluding hydrogens is 995 g/mol. The normalized spacial score (nSPS) is 42.6. The Morgan fingerprint density at radius 2 is 1.68 bits per heavy atom. The first kappa shape index (κ1) is 59.2. The molecule has 4 aliphatic heterocycles. The van der Waals surface area contributed by atoms with Gasteiger partial charge in [-0.25, -0.2) is 23.0 Å². The molecule has 75 heavy (non-hydrogen) atoms. The molecule has 22 nitrogen and oxygen atoms in total. The fraction of sp³-hybridized carbons (Fsp3) is 0.808. The lowest BCUT2D eigenvalue weighted by Crippen LogP contribution is -2.62. The molecule has 1 aromatic carbocycles. The molecule has 1 aliphatic carbocycles. The van der Waals surface area contributed by atoms with Gasteiger partial charge >= 0.3 is 12.1 Å². The molecule has 0 spiro atoms. The lowest BCUT2D eigenvalue weighted by Gasteiger charge is -2.51. The molecule has 424 valence electrons. The van der Waals surface area contributed by atoms with Crippen LogP contribution in [-0.2, 0) is 56.2 Å². The molecule has 7 rings (SSSR count). The Labute approximate surface area is 442 Å². The van der Waals surface area contributed by atoms with Crippen molar-refractivity contribution in [2.45, 2.75) is 202 Å². The summed E-state index contributed by atoms with van der Waals surface area (Å²) >= 11 is 0. The molecule has 7 N–H and O–H groups in total. The smallest absolute Gasteiger partial charge is 0.414 e. The largest absolute Gasteiger partial charge is 0.455 e. The number of likely N-dealkylation sites (N-methyl/N-ethyl adjacent to an activating group) is 2. The SMILES string of the molecule is CC[C@@]12OC(=O)[C@H](C)[C@@H](C3C[C@@](C)(OC)[C@@H](O)[C@H](C)O3)[C@H](C)[C@@H](O[C@@H]3O[C@H](C)C[C@H](N(C)CCc4cn(C[C@H]5CN(c6cccc(S(N)(=O)=O)c6)C(=O)O5)nn4)[C@H]3O)[C@](C)(O)C[C@@H](C)CN(C)[C@H](C)[C@@H](O)[C@@]1(O)[C@H]2C. The fourth-order valence-electron chi connectivity index (χ4n) is 13.2. The Morgan fingerprint density at radius 1 is 0.987 bits per heavy atom. The lowest BCUT2D eigenvalue weighted by atomic mass is 9.68. The standard InChI is InChI=1S/C52H85N7O15S/c1-14-51-34(8)52(51,66)43(61)32(6)57(12)24-28(2)22-49(9,65)45(30(4)41(31(5)46(63)74-51)40-23-50(10,69-13)44(62)33(7)71-40)73-47-42(60)39(20-29(3)70-47)56(11)19-18-35-25-58(55-54-35)26-37-27-59(48(64)72-37)36-16-15-17-38(21-36)75(53,67)68/h15-17,21,25,28-34,37,39-45,47,60-62,65-66H,14,18-20,22-24,26-27H2,1-13H3,(H2,53,67,68)/t28-,29-,30+,31-,32-,33+,34+,37+,39+,40?,41+,42-,43-,44+,45-,47+,49-,50-,51+,52+/m1/s1. The number of nitrogens with two attached hydrogens (primary N) is 1. The van der Waals surface area contributed by atoms with Crippen molar-refractivity contribution in [2.24, 2.45) is 34.7 Å². The van der Waals surface area contributed by atoms with Gasteiger partial charge in [0.25, 0.3) is 0 Å². The van der Waals surface area contributed by atoms with Crippen molar-refractivity contribution in [3.63, 3.8) is 0 Å². The number of carbonyl (C=O) groups is 2. The van der Waals surface area contributed by atoms with Crippen LogP contribution in [0.1, 0.15) is 101 Å². The van der Waals surface area contributed by atoms with Gasteiger partial charge in [0.15, 0.2) is 6.29 Å². The Kier molecular flexibility index (Phi) is 17.7. The predicted octanol–water partition coefficient (Wildman–Crippen LogP) is 2.05. The van der Waals surface area contributed by atoms with Gasteiger partial charge in [-0.1, -0.05) is 45.9 Å². The number of ether oxygens (including phenoxy) is 6. The van der Waals surface area contributed by atoms with Gasteiger partial charge in [-0.2, -0.15) is 0 Å². The maximum Gasteiger partial charge on any atom is 0.414 e. The lowest BCUT2D eigenvalue weighted by molar-refractivity contribution is -0.302. The summed E-state index contributed by atoms with van der Waals surface area (Å²) in [5, 5.41) is 74.7. The molecule has 2 aromatic rings. The van der Waals surface area contributed by atoms with Gasteiger partial charge in [-0.05, 0) is 98.0 Å². The van der Waals surface area contributed by atoms with E-state index in [0.717, 1.165) is 0 Å². The van der Waals surface area contributed by atoms with Crippen molar-refractivity contribution in [3.8, 4) is 0 Å². The molecule has 1 amide bonds. The molecule has 5 heterocycles. The Bertz CT molecular complexity index is 2440. The third-order valence-corrected chi connectivity index (χ3v) is 18.7. The van der Waals surface area contributed by atoms with Crippen molar-refractivity contribution in [1.29, 1.82) is 0 Å². The first-order valence-corrected chi connectivity index (χ1v) is 28.1. The quantitative estimate of drug-likeness (QED) is 0.157. The third-order valence-electron chi connectivity index (χ3n) is 17.8. The molecular formula is C52H85N7O15S. The predicted molar refractivity (Wildman–Crippen MR) is 273 cm³/mol. The molecule has 20 atom stereocenters. The van der Waals surface area contributed by atoms with Gasteiger partial charge in [0.05, 0.1) is 65.2 Å². The van der Waals surface area contributed by atoms with Gasteiger partial charge < -0.3 is 63.8 Å². The van der Waals surface area contributed by atoms with Crippen LogP contribution < -0.4 is 10.0 Å². The number of aromatic nitrogens is 3. The average molecular weight is 1080 g/mol. The maximum atomic E-state index is 14.9. The zero-order valence-corrected chi connectivity index (χ0v) is 46.8. The number of nitrogens with zero attached hydrogens (tertiary/aromatic N) is 6. The number of carbonyl (C=O) groups excluding carboxylic acids is 2. The fourth-order valence-corrected chi connectivity index (χ4v) is 13.8. The van der Waals surface area contributed by atoms with Crippen LogP contribution in [0.25, 0.3) is 0 Å². The highest BCUT2D eigenvalue weighted by Gasteiger charge is 2.80. The van der Waals surface area contributed by atoms with E-state index in [1.165, 1.54) is 30.2 Å². The van der Waals surface area contributed by atoms with Crippen LogP contribution in [0.5, 0.6) is 0 Å². The minimum atomic E-state index is -3.99. The highest BCUT2D eigenvalue weighted by Crippen LogP contribution is 2.62. The van der Waals surface area contributed by atoms with E-state index in [9.17, 15) is 43.5 Å². The van der Waals surface area contributed by atoms with E-state index in [4.69, 9.17) is 33.6 Å². The second-order valence-corrected chi connectivity index (χ2v) is 24.8.